The molecule has 0 aliphatic rings. The second-order valence-electron chi connectivity index (χ2n) is 2.89. The summed E-state index contributed by atoms with van der Waals surface area (Å²) in [5.41, 5.74) is 1.36. The van der Waals surface area contributed by atoms with Crippen LogP contribution in [0.4, 0.5) is 0 Å². The fourth-order valence-electron chi connectivity index (χ4n) is 1.21. The minimum atomic E-state index is 0.473. The van der Waals surface area contributed by atoms with E-state index in [1.807, 2.05) is 7.05 Å². The van der Waals surface area contributed by atoms with Gasteiger partial charge < -0.3 is 9.88 Å². The molecule has 1 aromatic heterocycles. The summed E-state index contributed by atoms with van der Waals surface area (Å²) < 4.78 is 2.07. The van der Waals surface area contributed by atoms with Gasteiger partial charge in [0.25, 0.3) is 0 Å². The molecular formula is C9H16N2. The summed E-state index contributed by atoms with van der Waals surface area (Å²) in [7, 11) is 2.04. The van der Waals surface area contributed by atoms with Crippen LogP contribution >= 0.6 is 0 Å². The van der Waals surface area contributed by atoms with E-state index in [-0.39, 0.29) is 0 Å². The predicted octanol–water partition coefficient (Wildman–Crippen LogP) is 1.70. The van der Waals surface area contributed by atoms with Crippen molar-refractivity contribution >= 4 is 0 Å². The van der Waals surface area contributed by atoms with Crippen LogP contribution in [0, 0.1) is 0 Å². The monoisotopic (exact) mass is 152 g/mol. The van der Waals surface area contributed by atoms with Crippen LogP contribution in [0.15, 0.2) is 18.5 Å². The Kier molecular flexibility index (Phi) is 2.71. The van der Waals surface area contributed by atoms with Gasteiger partial charge in [0.05, 0.1) is 0 Å². The second kappa shape index (κ2) is 3.58. The highest BCUT2D eigenvalue weighted by Crippen LogP contribution is 2.10. The van der Waals surface area contributed by atoms with Gasteiger partial charge in [-0.1, -0.05) is 6.92 Å². The Bertz CT molecular complexity index is 215. The highest BCUT2D eigenvalue weighted by atomic mass is 14.9. The maximum atomic E-state index is 3.36. The van der Waals surface area contributed by atoms with Crippen molar-refractivity contribution in [2.45, 2.75) is 19.9 Å². The van der Waals surface area contributed by atoms with E-state index in [1.54, 1.807) is 0 Å². The lowest BCUT2D eigenvalue weighted by molar-refractivity contribution is 0.597. The SMILES string of the molecule is CCN[C@@H](C)c1ccn(C)c1. The molecule has 0 aromatic carbocycles. The standard InChI is InChI=1S/C9H16N2/c1-4-10-8(2)9-5-6-11(3)7-9/h5-8,10H,4H2,1-3H3/t8-/m0/s1. The number of hydrogen-bond acceptors (Lipinski definition) is 1. The first-order chi connectivity index (χ1) is 5.24. The molecule has 1 atom stereocenters. The van der Waals surface area contributed by atoms with Crippen molar-refractivity contribution in [2.24, 2.45) is 7.05 Å². The Morgan fingerprint density at radius 3 is 2.82 bits per heavy atom. The van der Waals surface area contributed by atoms with Gasteiger partial charge in [-0.15, -0.1) is 0 Å². The van der Waals surface area contributed by atoms with E-state index in [0.717, 1.165) is 6.54 Å². The Labute approximate surface area is 68.2 Å². The van der Waals surface area contributed by atoms with E-state index in [2.05, 4.69) is 42.2 Å². The molecule has 2 heteroatoms. The molecule has 0 saturated heterocycles. The topological polar surface area (TPSA) is 17.0 Å². The van der Waals surface area contributed by atoms with E-state index < -0.39 is 0 Å². The number of nitrogens with one attached hydrogen (secondary N) is 1. The van der Waals surface area contributed by atoms with Gasteiger partial charge in [0.2, 0.25) is 0 Å². The Morgan fingerprint density at radius 1 is 1.64 bits per heavy atom. The van der Waals surface area contributed by atoms with Gasteiger partial charge in [0.1, 0.15) is 0 Å². The Morgan fingerprint density at radius 2 is 2.36 bits per heavy atom. The lowest BCUT2D eigenvalue weighted by Gasteiger charge is -2.09. The highest BCUT2D eigenvalue weighted by molar-refractivity contribution is 5.13. The fourth-order valence-corrected chi connectivity index (χ4v) is 1.21. The van der Waals surface area contributed by atoms with Gasteiger partial charge >= 0.3 is 0 Å². The molecule has 0 unspecified atom stereocenters. The molecular weight excluding hydrogens is 136 g/mol. The van der Waals surface area contributed by atoms with Crippen LogP contribution in [0.25, 0.3) is 0 Å². The normalized spacial score (nSPS) is 13.4. The smallest absolute Gasteiger partial charge is 0.0306 e. The molecule has 1 heterocycles. The molecule has 2 nitrogen and oxygen atoms in total. The van der Waals surface area contributed by atoms with Crippen LogP contribution in [-0.2, 0) is 7.05 Å². The third-order valence-electron chi connectivity index (χ3n) is 1.87. The lowest BCUT2D eigenvalue weighted by atomic mass is 10.2. The molecule has 0 aliphatic carbocycles. The average molecular weight is 152 g/mol. The van der Waals surface area contributed by atoms with Crippen LogP contribution in [0.1, 0.15) is 25.5 Å². The van der Waals surface area contributed by atoms with Crippen molar-refractivity contribution in [1.82, 2.24) is 9.88 Å². The maximum absolute atomic E-state index is 3.36. The van der Waals surface area contributed by atoms with Gasteiger partial charge in [0, 0.05) is 25.5 Å². The third-order valence-corrected chi connectivity index (χ3v) is 1.87. The summed E-state index contributed by atoms with van der Waals surface area (Å²) in [6.45, 7) is 5.33. The van der Waals surface area contributed by atoms with Gasteiger partial charge in [-0.05, 0) is 25.1 Å². The molecule has 1 aromatic rings. The summed E-state index contributed by atoms with van der Waals surface area (Å²) in [6, 6.07) is 2.62. The quantitative estimate of drug-likeness (QED) is 0.697. The van der Waals surface area contributed by atoms with Gasteiger partial charge in [-0.25, -0.2) is 0 Å². The first kappa shape index (κ1) is 8.34. The van der Waals surface area contributed by atoms with Crippen molar-refractivity contribution in [3.05, 3.63) is 24.0 Å². The number of nitrogens with zero attached hydrogens (tertiary/aromatic N) is 1. The van der Waals surface area contributed by atoms with E-state index in [9.17, 15) is 0 Å². The molecule has 11 heavy (non-hydrogen) atoms. The molecule has 0 fully saturated rings. The fraction of sp³-hybridized carbons (Fsp3) is 0.556. The van der Waals surface area contributed by atoms with Gasteiger partial charge in [0.15, 0.2) is 0 Å². The maximum Gasteiger partial charge on any atom is 0.0306 e. The first-order valence-corrected chi connectivity index (χ1v) is 4.09. The van der Waals surface area contributed by atoms with Crippen molar-refractivity contribution in [3.8, 4) is 0 Å². The van der Waals surface area contributed by atoms with Crippen LogP contribution in [0.3, 0.4) is 0 Å². The first-order valence-electron chi connectivity index (χ1n) is 4.09. The number of rotatable bonds is 3. The minimum absolute atomic E-state index is 0.473. The molecule has 1 rings (SSSR count). The molecule has 62 valence electrons. The van der Waals surface area contributed by atoms with Crippen molar-refractivity contribution in [3.63, 3.8) is 0 Å². The average Bonchev–Trinajstić information content (AvgIpc) is 2.36. The van der Waals surface area contributed by atoms with Crippen LogP contribution in [0.5, 0.6) is 0 Å². The zero-order chi connectivity index (χ0) is 8.27. The van der Waals surface area contributed by atoms with Crippen molar-refractivity contribution in [1.29, 1.82) is 0 Å². The van der Waals surface area contributed by atoms with E-state index >= 15 is 0 Å². The lowest BCUT2D eigenvalue weighted by Crippen LogP contribution is -2.17. The Hall–Kier alpha value is -0.760. The number of aryl methyl sites for hydroxylation is 1. The summed E-state index contributed by atoms with van der Waals surface area (Å²) in [5.74, 6) is 0. The zero-order valence-corrected chi connectivity index (χ0v) is 7.46. The molecule has 0 amide bonds. The van der Waals surface area contributed by atoms with Gasteiger partial charge in [-0.3, -0.25) is 0 Å². The summed E-state index contributed by atoms with van der Waals surface area (Å²) in [6.07, 6.45) is 4.22. The Balaban J connectivity index is 2.60. The largest absolute Gasteiger partial charge is 0.357 e. The zero-order valence-electron chi connectivity index (χ0n) is 7.46. The molecule has 0 radical (unpaired) electrons. The van der Waals surface area contributed by atoms with E-state index in [4.69, 9.17) is 0 Å². The summed E-state index contributed by atoms with van der Waals surface area (Å²) in [5, 5.41) is 3.36. The predicted molar refractivity (Wildman–Crippen MR) is 47.5 cm³/mol. The second-order valence-corrected chi connectivity index (χ2v) is 2.89. The molecule has 0 bridgehead atoms. The number of hydrogen-bond donors (Lipinski definition) is 1. The molecule has 0 aliphatic heterocycles. The molecule has 0 spiro atoms. The summed E-state index contributed by atoms with van der Waals surface area (Å²) >= 11 is 0. The molecule has 0 saturated carbocycles. The summed E-state index contributed by atoms with van der Waals surface area (Å²) in [4.78, 5) is 0. The third kappa shape index (κ3) is 2.09. The van der Waals surface area contributed by atoms with Gasteiger partial charge in [-0.2, -0.15) is 0 Å². The number of aromatic nitrogens is 1. The van der Waals surface area contributed by atoms with Crippen molar-refractivity contribution < 1.29 is 0 Å². The van der Waals surface area contributed by atoms with E-state index in [0.29, 0.717) is 6.04 Å². The van der Waals surface area contributed by atoms with Crippen LogP contribution < -0.4 is 5.32 Å². The highest BCUT2D eigenvalue weighted by Gasteiger charge is 2.02. The van der Waals surface area contributed by atoms with Crippen LogP contribution in [0.2, 0.25) is 0 Å². The minimum Gasteiger partial charge on any atom is -0.357 e. The van der Waals surface area contributed by atoms with Crippen molar-refractivity contribution in [2.75, 3.05) is 6.54 Å². The molecule has 1 N–H and O–H groups in total. The van der Waals surface area contributed by atoms with E-state index in [1.165, 1.54) is 5.56 Å². The van der Waals surface area contributed by atoms with Crippen LogP contribution in [-0.4, -0.2) is 11.1 Å².